The van der Waals surface area contributed by atoms with E-state index < -0.39 is 6.10 Å². The molecule has 1 saturated heterocycles. The third-order valence-electron chi connectivity index (χ3n) is 4.90. The molecule has 28 heavy (non-hydrogen) atoms. The predicted molar refractivity (Wildman–Crippen MR) is 108 cm³/mol. The number of ether oxygens (including phenoxy) is 2. The van der Waals surface area contributed by atoms with Gasteiger partial charge in [0.05, 0.1) is 39.1 Å². The summed E-state index contributed by atoms with van der Waals surface area (Å²) in [4.78, 5) is 4.65. The zero-order valence-electron chi connectivity index (χ0n) is 16.8. The lowest BCUT2D eigenvalue weighted by atomic mass is 10.2. The van der Waals surface area contributed by atoms with Crippen molar-refractivity contribution < 1.29 is 19.0 Å². The van der Waals surface area contributed by atoms with Crippen molar-refractivity contribution in [3.63, 3.8) is 0 Å². The number of benzene rings is 1. The van der Waals surface area contributed by atoms with Crippen LogP contribution >= 0.6 is 0 Å². The second-order valence-corrected chi connectivity index (χ2v) is 7.36. The van der Waals surface area contributed by atoms with E-state index in [2.05, 4.69) is 9.80 Å². The summed E-state index contributed by atoms with van der Waals surface area (Å²) >= 11 is 0. The van der Waals surface area contributed by atoms with Crippen LogP contribution in [-0.4, -0.2) is 73.6 Å². The molecular formula is C22H32N2O4. The molecule has 1 aliphatic rings. The summed E-state index contributed by atoms with van der Waals surface area (Å²) in [5, 5.41) is 10.5. The van der Waals surface area contributed by atoms with Crippen LogP contribution in [0.15, 0.2) is 46.9 Å². The van der Waals surface area contributed by atoms with Gasteiger partial charge in [0.15, 0.2) is 0 Å². The topological polar surface area (TPSA) is 58.3 Å². The molecule has 6 heteroatoms. The van der Waals surface area contributed by atoms with Gasteiger partial charge in [-0.05, 0) is 24.6 Å². The normalized spacial score (nSPS) is 16.5. The molecule has 6 nitrogen and oxygen atoms in total. The molecule has 1 atom stereocenters. The minimum absolute atomic E-state index is 0.320. The summed E-state index contributed by atoms with van der Waals surface area (Å²) in [6.45, 7) is 9.40. The Morgan fingerprint density at radius 1 is 1.14 bits per heavy atom. The van der Waals surface area contributed by atoms with Crippen molar-refractivity contribution in [2.24, 2.45) is 0 Å². The molecule has 0 amide bonds. The molecule has 0 saturated carbocycles. The number of aliphatic hydroxyl groups excluding tert-OH is 1. The molecule has 0 aliphatic carbocycles. The highest BCUT2D eigenvalue weighted by Crippen LogP contribution is 2.11. The highest BCUT2D eigenvalue weighted by Gasteiger charge is 2.17. The number of nitrogens with zero attached hydrogens (tertiary/aromatic N) is 2. The van der Waals surface area contributed by atoms with E-state index in [1.807, 2.05) is 49.4 Å². The molecule has 1 N–H and O–H groups in total. The zero-order chi connectivity index (χ0) is 19.6. The first-order chi connectivity index (χ1) is 13.7. The van der Waals surface area contributed by atoms with Crippen molar-refractivity contribution in [1.82, 2.24) is 9.80 Å². The van der Waals surface area contributed by atoms with Crippen molar-refractivity contribution in [2.45, 2.75) is 26.2 Å². The van der Waals surface area contributed by atoms with Gasteiger partial charge in [0.2, 0.25) is 0 Å². The fourth-order valence-corrected chi connectivity index (χ4v) is 3.37. The quantitative estimate of drug-likeness (QED) is 0.637. The van der Waals surface area contributed by atoms with Gasteiger partial charge in [0, 0.05) is 32.7 Å². The molecule has 3 rings (SSSR count). The lowest BCUT2D eigenvalue weighted by Gasteiger charge is -2.30. The number of morpholine rings is 1. The Balaban J connectivity index is 1.46. The van der Waals surface area contributed by atoms with Crippen LogP contribution < -0.4 is 0 Å². The average Bonchev–Trinajstić information content (AvgIpc) is 3.12. The van der Waals surface area contributed by atoms with Crippen molar-refractivity contribution in [1.29, 1.82) is 0 Å². The summed E-state index contributed by atoms with van der Waals surface area (Å²) in [7, 11) is 0. The van der Waals surface area contributed by atoms with Gasteiger partial charge in [-0.25, -0.2) is 0 Å². The van der Waals surface area contributed by atoms with Gasteiger partial charge < -0.3 is 19.0 Å². The fraction of sp³-hybridized carbons (Fsp3) is 0.545. The standard InChI is InChI=1S/C22H32N2O4/c1-19-7-8-22(28-19)16-24(10-9-23-11-13-26-14-12-23)15-21(25)18-27-17-20-5-3-2-4-6-20/h2-8,21,25H,9-18H2,1H3/t21-/m1/s1. The summed E-state index contributed by atoms with van der Waals surface area (Å²) in [6, 6.07) is 14.0. The van der Waals surface area contributed by atoms with E-state index in [0.29, 0.717) is 26.3 Å². The third-order valence-corrected chi connectivity index (χ3v) is 4.90. The van der Waals surface area contributed by atoms with Gasteiger partial charge in [0.1, 0.15) is 11.5 Å². The minimum Gasteiger partial charge on any atom is -0.465 e. The van der Waals surface area contributed by atoms with Gasteiger partial charge in [-0.1, -0.05) is 30.3 Å². The van der Waals surface area contributed by atoms with Crippen LogP contribution in [0.1, 0.15) is 17.1 Å². The highest BCUT2D eigenvalue weighted by molar-refractivity contribution is 5.13. The van der Waals surface area contributed by atoms with Crippen molar-refractivity contribution >= 4 is 0 Å². The third kappa shape index (κ3) is 7.37. The maximum absolute atomic E-state index is 10.5. The number of aliphatic hydroxyl groups is 1. The van der Waals surface area contributed by atoms with Gasteiger partial charge in [0.25, 0.3) is 0 Å². The summed E-state index contributed by atoms with van der Waals surface area (Å²) < 4.78 is 16.9. The number of hydrogen-bond acceptors (Lipinski definition) is 6. The number of hydrogen-bond donors (Lipinski definition) is 1. The second-order valence-electron chi connectivity index (χ2n) is 7.36. The molecule has 1 aliphatic heterocycles. The molecule has 0 unspecified atom stereocenters. The average molecular weight is 389 g/mol. The molecule has 1 fully saturated rings. The monoisotopic (exact) mass is 388 g/mol. The molecule has 2 aromatic rings. The largest absolute Gasteiger partial charge is 0.465 e. The molecule has 0 spiro atoms. The van der Waals surface area contributed by atoms with Crippen molar-refractivity contribution in [2.75, 3.05) is 52.5 Å². The number of rotatable bonds is 11. The second kappa shape index (κ2) is 11.3. The van der Waals surface area contributed by atoms with Crippen LogP contribution in [0, 0.1) is 6.92 Å². The molecule has 0 radical (unpaired) electrons. The van der Waals surface area contributed by atoms with Crippen LogP contribution in [0.5, 0.6) is 0 Å². The van der Waals surface area contributed by atoms with E-state index in [9.17, 15) is 5.11 Å². The SMILES string of the molecule is Cc1ccc(CN(CCN2CCOCC2)C[C@@H](O)COCc2ccccc2)o1. The Bertz CT molecular complexity index is 670. The van der Waals surface area contributed by atoms with E-state index in [0.717, 1.165) is 56.5 Å². The Morgan fingerprint density at radius 3 is 2.64 bits per heavy atom. The predicted octanol–water partition coefficient (Wildman–Crippen LogP) is 2.30. The van der Waals surface area contributed by atoms with Gasteiger partial charge >= 0.3 is 0 Å². The maximum Gasteiger partial charge on any atom is 0.118 e. The van der Waals surface area contributed by atoms with Crippen LogP contribution in [0.3, 0.4) is 0 Å². The first-order valence-electron chi connectivity index (χ1n) is 10.1. The molecule has 154 valence electrons. The minimum atomic E-state index is -0.538. The van der Waals surface area contributed by atoms with Crippen LogP contribution in [0.4, 0.5) is 0 Å². The summed E-state index contributed by atoms with van der Waals surface area (Å²) in [5.74, 6) is 1.84. The first kappa shape index (κ1) is 21.0. The van der Waals surface area contributed by atoms with E-state index in [1.165, 1.54) is 0 Å². The lowest BCUT2D eigenvalue weighted by Crippen LogP contribution is -2.43. The number of aryl methyl sites for hydroxylation is 1. The maximum atomic E-state index is 10.5. The number of furan rings is 1. The molecule has 1 aromatic heterocycles. The molecule has 1 aromatic carbocycles. The van der Waals surface area contributed by atoms with Gasteiger partial charge in [-0.2, -0.15) is 0 Å². The molecular weight excluding hydrogens is 356 g/mol. The Labute approximate surface area is 167 Å². The van der Waals surface area contributed by atoms with Crippen molar-refractivity contribution in [3.05, 3.63) is 59.5 Å². The van der Waals surface area contributed by atoms with Gasteiger partial charge in [-0.3, -0.25) is 9.80 Å². The summed E-state index contributed by atoms with van der Waals surface area (Å²) in [5.41, 5.74) is 1.12. The lowest BCUT2D eigenvalue weighted by molar-refractivity contribution is 0.00106. The zero-order valence-corrected chi connectivity index (χ0v) is 16.8. The van der Waals surface area contributed by atoms with Crippen LogP contribution in [0.25, 0.3) is 0 Å². The van der Waals surface area contributed by atoms with E-state index in [-0.39, 0.29) is 0 Å². The smallest absolute Gasteiger partial charge is 0.118 e. The highest BCUT2D eigenvalue weighted by atomic mass is 16.5. The Hall–Kier alpha value is -1.70. The Morgan fingerprint density at radius 2 is 1.93 bits per heavy atom. The molecule has 0 bridgehead atoms. The van der Waals surface area contributed by atoms with Crippen molar-refractivity contribution in [3.8, 4) is 0 Å². The van der Waals surface area contributed by atoms with E-state index in [1.54, 1.807) is 0 Å². The van der Waals surface area contributed by atoms with Gasteiger partial charge in [-0.15, -0.1) is 0 Å². The van der Waals surface area contributed by atoms with Crippen LogP contribution in [-0.2, 0) is 22.6 Å². The molecule has 2 heterocycles. The Kier molecular flexibility index (Phi) is 8.51. The first-order valence-corrected chi connectivity index (χ1v) is 10.1. The van der Waals surface area contributed by atoms with E-state index in [4.69, 9.17) is 13.9 Å². The fourth-order valence-electron chi connectivity index (χ4n) is 3.37. The van der Waals surface area contributed by atoms with E-state index >= 15 is 0 Å². The summed E-state index contributed by atoms with van der Waals surface area (Å²) in [6.07, 6.45) is -0.538. The van der Waals surface area contributed by atoms with Crippen LogP contribution in [0.2, 0.25) is 0 Å².